The van der Waals surface area contributed by atoms with Crippen molar-refractivity contribution < 1.29 is 13.9 Å². The molecule has 2 atom stereocenters. The number of nitrogens with zero attached hydrogens (tertiary/aromatic N) is 2. The average molecular weight is 421 g/mol. The summed E-state index contributed by atoms with van der Waals surface area (Å²) in [5.41, 5.74) is 5.11. The van der Waals surface area contributed by atoms with Gasteiger partial charge in [-0.3, -0.25) is 9.79 Å². The van der Waals surface area contributed by atoms with Gasteiger partial charge in [-0.2, -0.15) is 0 Å². The zero-order chi connectivity index (χ0) is 22.0. The van der Waals surface area contributed by atoms with Crippen LogP contribution in [0.25, 0.3) is 17.2 Å². The lowest BCUT2D eigenvalue weighted by Gasteiger charge is -2.35. The van der Waals surface area contributed by atoms with Crippen LogP contribution in [-0.2, 0) is 4.79 Å². The van der Waals surface area contributed by atoms with Gasteiger partial charge in [0.15, 0.2) is 6.17 Å². The summed E-state index contributed by atoms with van der Waals surface area (Å²) in [6, 6.07) is 11.9. The smallest absolute Gasteiger partial charge is 0.225 e. The average Bonchev–Trinajstić information content (AvgIpc) is 3.61. The van der Waals surface area contributed by atoms with Gasteiger partial charge in [-0.05, 0) is 62.2 Å². The summed E-state index contributed by atoms with van der Waals surface area (Å²) in [7, 11) is 0. The number of aliphatic imine (C=N–C) groups is 1. The van der Waals surface area contributed by atoms with E-state index in [1.54, 1.807) is 4.90 Å². The number of benzene rings is 2. The van der Waals surface area contributed by atoms with Gasteiger partial charge in [-0.1, -0.05) is 36.4 Å². The van der Waals surface area contributed by atoms with Crippen molar-refractivity contribution in [3.63, 3.8) is 0 Å². The highest BCUT2D eigenvalue weighted by Gasteiger charge is 2.38. The van der Waals surface area contributed by atoms with Gasteiger partial charge in [0, 0.05) is 24.4 Å². The van der Waals surface area contributed by atoms with Crippen molar-refractivity contribution in [3.8, 4) is 16.9 Å². The molecular weight excluding hydrogens is 391 g/mol. The highest BCUT2D eigenvalue weighted by atomic mass is 19.1. The number of carbonyl (C=O) groups excluding carboxylic acids is 1. The van der Waals surface area contributed by atoms with Crippen LogP contribution in [0.5, 0.6) is 5.75 Å². The summed E-state index contributed by atoms with van der Waals surface area (Å²) in [4.78, 5) is 18.1. The molecule has 0 radical (unpaired) electrons. The Morgan fingerprint density at radius 1 is 1.19 bits per heavy atom. The van der Waals surface area contributed by atoms with Gasteiger partial charge in [-0.15, -0.1) is 0 Å². The molecule has 1 heterocycles. The highest BCUT2D eigenvalue weighted by molar-refractivity contribution is 5.81. The van der Waals surface area contributed by atoms with Crippen LogP contribution >= 0.6 is 0 Å². The van der Waals surface area contributed by atoms with Crippen LogP contribution in [0.4, 0.5) is 10.1 Å². The fourth-order valence-corrected chi connectivity index (χ4v) is 4.25. The van der Waals surface area contributed by atoms with Crippen molar-refractivity contribution in [1.29, 1.82) is 0 Å². The number of carbonyl (C=O) groups is 1. The van der Waals surface area contributed by atoms with Gasteiger partial charge in [0.25, 0.3) is 0 Å². The number of alkyl halides is 1. The maximum absolute atomic E-state index is 14.7. The number of hydrogen-bond donors (Lipinski definition) is 0. The summed E-state index contributed by atoms with van der Waals surface area (Å²) in [5, 5.41) is 0. The zero-order valence-electron chi connectivity index (χ0n) is 18.2. The van der Waals surface area contributed by atoms with Gasteiger partial charge in [0.2, 0.25) is 5.91 Å². The zero-order valence-corrected chi connectivity index (χ0v) is 18.2. The number of allylic oxidation sites excluding steroid dienone is 1. The molecule has 2 aliphatic rings. The first-order chi connectivity index (χ1) is 15.0. The SMILES string of the molecule is C=Nc1c(/C=C\C)ccc(-c2ccc(O[C@H]3CCN(C(=O)C4CC4)C[C@H]3F)cc2)c1C. The molecule has 5 heteroatoms. The third-order valence-corrected chi connectivity index (χ3v) is 6.14. The van der Waals surface area contributed by atoms with Crippen molar-refractivity contribution in [2.45, 2.75) is 45.4 Å². The normalized spacial score (nSPS) is 21.3. The largest absolute Gasteiger partial charge is 0.487 e. The molecule has 2 aromatic rings. The lowest BCUT2D eigenvalue weighted by atomic mass is 9.96. The lowest BCUT2D eigenvalue weighted by molar-refractivity contribution is -0.136. The molecule has 1 aliphatic heterocycles. The third-order valence-electron chi connectivity index (χ3n) is 6.14. The highest BCUT2D eigenvalue weighted by Crippen LogP contribution is 2.35. The summed E-state index contributed by atoms with van der Waals surface area (Å²) in [6.45, 7) is 8.44. The molecule has 4 rings (SSSR count). The molecule has 1 saturated carbocycles. The van der Waals surface area contributed by atoms with Gasteiger partial charge < -0.3 is 9.64 Å². The summed E-state index contributed by atoms with van der Waals surface area (Å²) in [6.07, 6.45) is 4.72. The Hall–Kier alpha value is -2.95. The van der Waals surface area contributed by atoms with Crippen LogP contribution < -0.4 is 4.74 Å². The van der Waals surface area contributed by atoms with Crippen LogP contribution in [0, 0.1) is 12.8 Å². The van der Waals surface area contributed by atoms with Crippen molar-refractivity contribution in [1.82, 2.24) is 4.90 Å². The number of halogens is 1. The summed E-state index contributed by atoms with van der Waals surface area (Å²) in [5.74, 6) is 0.878. The molecule has 31 heavy (non-hydrogen) atoms. The number of ether oxygens (including phenoxy) is 1. The first-order valence-electron chi connectivity index (χ1n) is 10.9. The number of rotatable bonds is 6. The predicted octanol–water partition coefficient (Wildman–Crippen LogP) is 5.76. The van der Waals surface area contributed by atoms with Gasteiger partial charge in [-0.25, -0.2) is 4.39 Å². The van der Waals surface area contributed by atoms with Crippen LogP contribution in [0.1, 0.15) is 37.3 Å². The Morgan fingerprint density at radius 3 is 2.55 bits per heavy atom. The van der Waals surface area contributed by atoms with Gasteiger partial charge in [0.1, 0.15) is 11.9 Å². The van der Waals surface area contributed by atoms with E-state index < -0.39 is 12.3 Å². The Morgan fingerprint density at radius 2 is 1.94 bits per heavy atom. The molecular formula is C26H29FN2O2. The Labute approximate surface area is 183 Å². The molecule has 1 aliphatic carbocycles. The van der Waals surface area contributed by atoms with Crippen molar-refractivity contribution in [2.24, 2.45) is 10.9 Å². The van der Waals surface area contributed by atoms with E-state index in [0.29, 0.717) is 18.7 Å². The number of amides is 1. The third kappa shape index (κ3) is 4.55. The topological polar surface area (TPSA) is 41.9 Å². The molecule has 0 aromatic heterocycles. The molecule has 0 bridgehead atoms. The van der Waals surface area contributed by atoms with Gasteiger partial charge in [0.05, 0.1) is 12.2 Å². The molecule has 0 N–H and O–H groups in total. The quantitative estimate of drug-likeness (QED) is 0.558. The molecule has 2 fully saturated rings. The first kappa shape index (κ1) is 21.3. The monoisotopic (exact) mass is 420 g/mol. The molecule has 162 valence electrons. The van der Waals surface area contributed by atoms with E-state index in [9.17, 15) is 9.18 Å². The standard InChI is InChI=1S/C26H29FN2O2/c1-4-5-19-10-13-22(17(2)25(19)28-3)18-8-11-21(12-9-18)31-24-14-15-29(16-23(24)27)26(30)20-6-7-20/h4-5,8-13,20,23-24H,3,6-7,14-16H2,1-2H3/b5-4-/t23-,24+/m1/s1. The number of hydrogen-bond acceptors (Lipinski definition) is 3. The van der Waals surface area contributed by atoms with Crippen molar-refractivity contribution in [2.75, 3.05) is 13.1 Å². The van der Waals surface area contributed by atoms with E-state index in [1.165, 1.54) is 0 Å². The number of likely N-dealkylation sites (tertiary alicyclic amines) is 1. The molecule has 4 nitrogen and oxygen atoms in total. The minimum absolute atomic E-state index is 0.106. The molecule has 0 unspecified atom stereocenters. The molecule has 1 amide bonds. The van der Waals surface area contributed by atoms with E-state index in [-0.39, 0.29) is 18.4 Å². The van der Waals surface area contributed by atoms with Crippen LogP contribution in [0.15, 0.2) is 47.5 Å². The van der Waals surface area contributed by atoms with Crippen LogP contribution in [0.3, 0.4) is 0 Å². The van der Waals surface area contributed by atoms with Crippen molar-refractivity contribution in [3.05, 3.63) is 53.6 Å². The second-order valence-electron chi connectivity index (χ2n) is 8.38. The van der Waals surface area contributed by atoms with E-state index in [1.807, 2.05) is 56.3 Å². The second kappa shape index (κ2) is 9.04. The van der Waals surface area contributed by atoms with E-state index >= 15 is 0 Å². The maximum atomic E-state index is 14.7. The van der Waals surface area contributed by atoms with Crippen LogP contribution in [0.2, 0.25) is 0 Å². The van der Waals surface area contributed by atoms with Crippen LogP contribution in [-0.4, -0.2) is 42.9 Å². The minimum Gasteiger partial charge on any atom is -0.487 e. The van der Waals surface area contributed by atoms with E-state index in [2.05, 4.69) is 17.8 Å². The summed E-state index contributed by atoms with van der Waals surface area (Å²) >= 11 is 0. The predicted molar refractivity (Wildman–Crippen MR) is 124 cm³/mol. The fourth-order valence-electron chi connectivity index (χ4n) is 4.25. The maximum Gasteiger partial charge on any atom is 0.225 e. The summed E-state index contributed by atoms with van der Waals surface area (Å²) < 4.78 is 20.6. The Kier molecular flexibility index (Phi) is 6.21. The second-order valence-corrected chi connectivity index (χ2v) is 8.38. The molecule has 1 saturated heterocycles. The van der Waals surface area contributed by atoms with E-state index in [0.717, 1.165) is 40.8 Å². The Balaban J connectivity index is 1.44. The molecule has 2 aromatic carbocycles. The van der Waals surface area contributed by atoms with Gasteiger partial charge >= 0.3 is 0 Å². The first-order valence-corrected chi connectivity index (χ1v) is 10.9. The molecule has 0 spiro atoms. The minimum atomic E-state index is -1.17. The Bertz CT molecular complexity index is 995. The fraction of sp³-hybridized carbons (Fsp3) is 0.385. The van der Waals surface area contributed by atoms with E-state index in [4.69, 9.17) is 4.74 Å². The lowest BCUT2D eigenvalue weighted by Crippen LogP contribution is -2.49. The number of piperidine rings is 1. The van der Waals surface area contributed by atoms with Crippen molar-refractivity contribution >= 4 is 24.4 Å².